The summed E-state index contributed by atoms with van der Waals surface area (Å²) in [6.07, 6.45) is 9.91. The maximum atomic E-state index is 9.51. The molecule has 2 fully saturated rings. The highest BCUT2D eigenvalue weighted by molar-refractivity contribution is 4.89. The highest BCUT2D eigenvalue weighted by atomic mass is 16.7. The van der Waals surface area contributed by atoms with Crippen LogP contribution in [0.15, 0.2) is 12.7 Å². The Morgan fingerprint density at radius 2 is 2.12 bits per heavy atom. The van der Waals surface area contributed by atoms with E-state index >= 15 is 0 Å². The topological polar surface area (TPSA) is 57.2 Å². The molecule has 1 spiro atoms. The monoisotopic (exact) mass is 342 g/mol. The van der Waals surface area contributed by atoms with Crippen molar-refractivity contribution in [2.24, 2.45) is 5.92 Å². The van der Waals surface area contributed by atoms with Gasteiger partial charge in [0.15, 0.2) is 5.79 Å². The Balaban J connectivity index is 1.84. The predicted octanol–water partition coefficient (Wildman–Crippen LogP) is 3.40. The van der Waals surface area contributed by atoms with Crippen molar-refractivity contribution in [3.8, 4) is 0 Å². The predicted molar refractivity (Wildman–Crippen MR) is 92.6 cm³/mol. The lowest BCUT2D eigenvalue weighted by molar-refractivity contribution is -0.287. The summed E-state index contributed by atoms with van der Waals surface area (Å²) >= 11 is 0. The summed E-state index contributed by atoms with van der Waals surface area (Å²) in [7, 11) is 1.65. The minimum atomic E-state index is -0.489. The quantitative estimate of drug-likeness (QED) is 0.375. The van der Waals surface area contributed by atoms with E-state index in [1.165, 1.54) is 0 Å². The molecule has 5 atom stereocenters. The molecule has 2 heterocycles. The van der Waals surface area contributed by atoms with E-state index in [1.807, 2.05) is 6.08 Å². The minimum Gasteiger partial charge on any atom is -0.394 e. The van der Waals surface area contributed by atoms with Crippen molar-refractivity contribution < 1.29 is 24.1 Å². The van der Waals surface area contributed by atoms with E-state index in [4.69, 9.17) is 18.9 Å². The Hall–Kier alpha value is -0.460. The van der Waals surface area contributed by atoms with E-state index in [0.29, 0.717) is 12.7 Å². The van der Waals surface area contributed by atoms with Gasteiger partial charge in [0.1, 0.15) is 6.79 Å². The molecule has 0 unspecified atom stereocenters. The number of aliphatic hydroxyl groups excluding tert-OH is 1. The van der Waals surface area contributed by atoms with Crippen LogP contribution in [0.2, 0.25) is 0 Å². The zero-order chi connectivity index (χ0) is 17.4. The standard InChI is InChI=1S/C19H34O5/c1-4-5-6-7-16(22-14-21-3)12-17-9-11-19(23-17)10-8-15(2)18(13-20)24-19/h4,15-18,20H,1,5-14H2,2-3H3/t15-,16+,17+,18+,19+/m1/s1. The maximum Gasteiger partial charge on any atom is 0.169 e. The van der Waals surface area contributed by atoms with Crippen LogP contribution < -0.4 is 0 Å². The zero-order valence-corrected chi connectivity index (χ0v) is 15.2. The number of ether oxygens (including phenoxy) is 4. The fourth-order valence-corrected chi connectivity index (χ4v) is 3.76. The van der Waals surface area contributed by atoms with Gasteiger partial charge in [-0.05, 0) is 38.0 Å². The van der Waals surface area contributed by atoms with Gasteiger partial charge in [0, 0.05) is 26.4 Å². The molecule has 0 aromatic rings. The number of rotatable bonds is 10. The molecule has 140 valence electrons. The first kappa shape index (κ1) is 19.9. The highest BCUT2D eigenvalue weighted by Gasteiger charge is 2.46. The summed E-state index contributed by atoms with van der Waals surface area (Å²) < 4.78 is 23.3. The first-order valence-electron chi connectivity index (χ1n) is 9.30. The van der Waals surface area contributed by atoms with E-state index in [-0.39, 0.29) is 24.9 Å². The molecule has 5 heteroatoms. The molecule has 1 N–H and O–H groups in total. The van der Waals surface area contributed by atoms with Crippen molar-refractivity contribution in [2.75, 3.05) is 20.5 Å². The normalized spacial score (nSPS) is 34.5. The van der Waals surface area contributed by atoms with Crippen molar-refractivity contribution in [2.45, 2.75) is 82.4 Å². The second kappa shape index (κ2) is 9.88. The van der Waals surface area contributed by atoms with Crippen LogP contribution in [0.1, 0.15) is 58.3 Å². The van der Waals surface area contributed by atoms with Gasteiger partial charge in [-0.2, -0.15) is 0 Å². The molecule has 5 nitrogen and oxygen atoms in total. The van der Waals surface area contributed by atoms with E-state index in [0.717, 1.165) is 51.4 Å². The van der Waals surface area contributed by atoms with Gasteiger partial charge in [0.05, 0.1) is 24.9 Å². The SMILES string of the molecule is C=CCCC[C@@H](C[C@@H]1CC[C@@]2(CC[C@@H](C)[C@H](CO)O2)O1)OCOC. The summed E-state index contributed by atoms with van der Waals surface area (Å²) in [5.74, 6) is -0.0997. The summed E-state index contributed by atoms with van der Waals surface area (Å²) in [5, 5.41) is 9.51. The summed E-state index contributed by atoms with van der Waals surface area (Å²) in [5.41, 5.74) is 0. The van der Waals surface area contributed by atoms with Crippen LogP contribution in [-0.2, 0) is 18.9 Å². The van der Waals surface area contributed by atoms with E-state index in [9.17, 15) is 5.11 Å². The third-order valence-corrected chi connectivity index (χ3v) is 5.27. The molecule has 0 aromatic heterocycles. The average molecular weight is 342 g/mol. The Kier molecular flexibility index (Phi) is 8.17. The average Bonchev–Trinajstić information content (AvgIpc) is 2.97. The van der Waals surface area contributed by atoms with Gasteiger partial charge in [-0.1, -0.05) is 13.0 Å². The molecule has 0 aromatic carbocycles. The molecule has 0 amide bonds. The molecule has 0 aliphatic carbocycles. The van der Waals surface area contributed by atoms with Gasteiger partial charge in [-0.25, -0.2) is 0 Å². The van der Waals surface area contributed by atoms with Crippen LogP contribution in [0.25, 0.3) is 0 Å². The first-order valence-corrected chi connectivity index (χ1v) is 9.30. The fourth-order valence-electron chi connectivity index (χ4n) is 3.76. The van der Waals surface area contributed by atoms with Crippen LogP contribution in [0.5, 0.6) is 0 Å². The second-order valence-electron chi connectivity index (χ2n) is 7.19. The van der Waals surface area contributed by atoms with Gasteiger partial charge in [0.25, 0.3) is 0 Å². The third kappa shape index (κ3) is 5.53. The van der Waals surface area contributed by atoms with E-state index < -0.39 is 5.79 Å². The molecular formula is C19H34O5. The third-order valence-electron chi connectivity index (χ3n) is 5.27. The lowest BCUT2D eigenvalue weighted by atomic mass is 9.90. The second-order valence-corrected chi connectivity index (χ2v) is 7.19. The van der Waals surface area contributed by atoms with Crippen LogP contribution in [0, 0.1) is 5.92 Å². The van der Waals surface area contributed by atoms with Gasteiger partial charge in [-0.15, -0.1) is 6.58 Å². The molecule has 2 aliphatic heterocycles. The van der Waals surface area contributed by atoms with Gasteiger partial charge in [-0.3, -0.25) is 0 Å². The van der Waals surface area contributed by atoms with E-state index in [1.54, 1.807) is 7.11 Å². The molecule has 2 saturated heterocycles. The molecular weight excluding hydrogens is 308 g/mol. The smallest absolute Gasteiger partial charge is 0.169 e. The fraction of sp³-hybridized carbons (Fsp3) is 0.895. The van der Waals surface area contributed by atoms with Crippen molar-refractivity contribution in [3.05, 3.63) is 12.7 Å². The van der Waals surface area contributed by atoms with Crippen LogP contribution in [0.3, 0.4) is 0 Å². The largest absolute Gasteiger partial charge is 0.394 e. The number of hydrogen-bond acceptors (Lipinski definition) is 5. The Morgan fingerprint density at radius 1 is 1.33 bits per heavy atom. The summed E-state index contributed by atoms with van der Waals surface area (Å²) in [6, 6.07) is 0. The van der Waals surface area contributed by atoms with Crippen molar-refractivity contribution >= 4 is 0 Å². The Morgan fingerprint density at radius 3 is 2.83 bits per heavy atom. The zero-order valence-electron chi connectivity index (χ0n) is 15.2. The molecule has 2 rings (SSSR count). The molecule has 2 aliphatic rings. The molecule has 0 bridgehead atoms. The Bertz CT molecular complexity index is 375. The van der Waals surface area contributed by atoms with E-state index in [2.05, 4.69) is 13.5 Å². The van der Waals surface area contributed by atoms with Crippen molar-refractivity contribution in [3.63, 3.8) is 0 Å². The maximum absolute atomic E-state index is 9.51. The lowest BCUT2D eigenvalue weighted by Crippen LogP contribution is -2.46. The van der Waals surface area contributed by atoms with Gasteiger partial charge >= 0.3 is 0 Å². The minimum absolute atomic E-state index is 0.0675. The van der Waals surface area contributed by atoms with Crippen molar-refractivity contribution in [1.29, 1.82) is 0 Å². The van der Waals surface area contributed by atoms with Crippen molar-refractivity contribution in [1.82, 2.24) is 0 Å². The summed E-state index contributed by atoms with van der Waals surface area (Å²) in [4.78, 5) is 0. The number of allylic oxidation sites excluding steroid dienone is 1. The Labute approximate surface area is 146 Å². The summed E-state index contributed by atoms with van der Waals surface area (Å²) in [6.45, 7) is 6.29. The first-order chi connectivity index (χ1) is 11.6. The van der Waals surface area contributed by atoms with Crippen LogP contribution in [-0.4, -0.2) is 49.7 Å². The van der Waals surface area contributed by atoms with Crippen LogP contribution in [0.4, 0.5) is 0 Å². The lowest BCUT2D eigenvalue weighted by Gasteiger charge is -2.41. The highest BCUT2D eigenvalue weighted by Crippen LogP contribution is 2.43. The van der Waals surface area contributed by atoms with Gasteiger partial charge in [0.2, 0.25) is 0 Å². The molecule has 24 heavy (non-hydrogen) atoms. The number of methoxy groups -OCH3 is 1. The molecule has 0 radical (unpaired) electrons. The number of hydrogen-bond donors (Lipinski definition) is 1. The number of unbranched alkanes of at least 4 members (excludes halogenated alkanes) is 1. The van der Waals surface area contributed by atoms with Crippen LogP contribution >= 0.6 is 0 Å². The van der Waals surface area contributed by atoms with Gasteiger partial charge < -0.3 is 24.1 Å². The number of aliphatic hydroxyl groups is 1. The molecule has 0 saturated carbocycles.